The van der Waals surface area contributed by atoms with E-state index in [0.29, 0.717) is 0 Å². The molecule has 13 heavy (non-hydrogen) atoms. The Kier molecular flexibility index (Phi) is 3.77. The first-order valence-corrected chi connectivity index (χ1v) is 4.66. The number of rotatable bonds is 4. The summed E-state index contributed by atoms with van der Waals surface area (Å²) < 4.78 is 0. The molecule has 2 heteroatoms. The van der Waals surface area contributed by atoms with Crippen LogP contribution in [0.5, 0.6) is 0 Å². The SMILES string of the molecule is Cc1cccc(NCCCO)c1C. The number of benzene rings is 1. The molecule has 1 rings (SSSR count). The molecule has 0 aliphatic carbocycles. The predicted octanol–water partition coefficient (Wildman–Crippen LogP) is 2.10. The summed E-state index contributed by atoms with van der Waals surface area (Å²) >= 11 is 0. The number of anilines is 1. The predicted molar refractivity (Wildman–Crippen MR) is 56.1 cm³/mol. The highest BCUT2D eigenvalue weighted by Crippen LogP contribution is 2.17. The minimum absolute atomic E-state index is 0.248. The minimum Gasteiger partial charge on any atom is -0.396 e. The molecule has 0 aromatic heterocycles. The molecule has 0 atom stereocenters. The fourth-order valence-corrected chi connectivity index (χ4v) is 1.24. The van der Waals surface area contributed by atoms with E-state index in [0.717, 1.165) is 13.0 Å². The van der Waals surface area contributed by atoms with Crippen LogP contribution in [-0.2, 0) is 0 Å². The highest BCUT2D eigenvalue weighted by molar-refractivity contribution is 5.53. The zero-order valence-electron chi connectivity index (χ0n) is 8.30. The van der Waals surface area contributed by atoms with E-state index in [1.807, 2.05) is 6.07 Å². The van der Waals surface area contributed by atoms with Gasteiger partial charge in [0.25, 0.3) is 0 Å². The summed E-state index contributed by atoms with van der Waals surface area (Å²) in [6.45, 7) is 5.29. The van der Waals surface area contributed by atoms with Crippen molar-refractivity contribution in [2.45, 2.75) is 20.3 Å². The molecule has 0 fully saturated rings. The van der Waals surface area contributed by atoms with Gasteiger partial charge in [-0.1, -0.05) is 12.1 Å². The first-order chi connectivity index (χ1) is 6.25. The van der Waals surface area contributed by atoms with Crippen molar-refractivity contribution in [2.24, 2.45) is 0 Å². The zero-order chi connectivity index (χ0) is 9.68. The molecule has 1 aromatic carbocycles. The van der Waals surface area contributed by atoms with Crippen LogP contribution in [0.1, 0.15) is 17.5 Å². The lowest BCUT2D eigenvalue weighted by molar-refractivity contribution is 0.292. The van der Waals surface area contributed by atoms with Gasteiger partial charge in [0, 0.05) is 18.8 Å². The van der Waals surface area contributed by atoms with E-state index >= 15 is 0 Å². The van der Waals surface area contributed by atoms with Crippen LogP contribution >= 0.6 is 0 Å². The fourth-order valence-electron chi connectivity index (χ4n) is 1.24. The second kappa shape index (κ2) is 4.87. The van der Waals surface area contributed by atoms with Gasteiger partial charge in [-0.15, -0.1) is 0 Å². The van der Waals surface area contributed by atoms with Gasteiger partial charge in [-0.3, -0.25) is 0 Å². The van der Waals surface area contributed by atoms with Crippen LogP contribution in [0.4, 0.5) is 5.69 Å². The van der Waals surface area contributed by atoms with Crippen LogP contribution in [0, 0.1) is 13.8 Å². The highest BCUT2D eigenvalue weighted by atomic mass is 16.3. The molecule has 0 spiro atoms. The lowest BCUT2D eigenvalue weighted by atomic mass is 10.1. The molecule has 0 heterocycles. The van der Waals surface area contributed by atoms with Crippen molar-refractivity contribution in [2.75, 3.05) is 18.5 Å². The third-order valence-corrected chi connectivity index (χ3v) is 2.25. The molecule has 2 nitrogen and oxygen atoms in total. The molecular weight excluding hydrogens is 162 g/mol. The molecule has 0 bridgehead atoms. The average molecular weight is 179 g/mol. The Balaban J connectivity index is 2.61. The summed E-state index contributed by atoms with van der Waals surface area (Å²) in [4.78, 5) is 0. The molecule has 2 N–H and O–H groups in total. The number of hydrogen-bond acceptors (Lipinski definition) is 2. The van der Waals surface area contributed by atoms with Crippen LogP contribution in [0.3, 0.4) is 0 Å². The molecule has 0 saturated heterocycles. The Morgan fingerprint density at radius 2 is 2.08 bits per heavy atom. The molecule has 0 radical (unpaired) electrons. The van der Waals surface area contributed by atoms with E-state index in [4.69, 9.17) is 5.11 Å². The summed E-state index contributed by atoms with van der Waals surface area (Å²) in [6, 6.07) is 6.22. The van der Waals surface area contributed by atoms with Crippen molar-refractivity contribution in [3.63, 3.8) is 0 Å². The van der Waals surface area contributed by atoms with Crippen LogP contribution in [0.15, 0.2) is 18.2 Å². The van der Waals surface area contributed by atoms with Crippen molar-refractivity contribution in [1.82, 2.24) is 0 Å². The molecule has 0 amide bonds. The van der Waals surface area contributed by atoms with Gasteiger partial charge in [0.05, 0.1) is 0 Å². The van der Waals surface area contributed by atoms with E-state index in [1.165, 1.54) is 16.8 Å². The topological polar surface area (TPSA) is 32.3 Å². The van der Waals surface area contributed by atoms with Crippen LogP contribution < -0.4 is 5.32 Å². The van der Waals surface area contributed by atoms with Crippen molar-refractivity contribution in [3.05, 3.63) is 29.3 Å². The summed E-state index contributed by atoms with van der Waals surface area (Å²) in [7, 11) is 0. The number of nitrogens with one attached hydrogen (secondary N) is 1. The quantitative estimate of drug-likeness (QED) is 0.694. The second-order valence-corrected chi connectivity index (χ2v) is 3.25. The molecular formula is C11H17NO. The second-order valence-electron chi connectivity index (χ2n) is 3.25. The first kappa shape index (κ1) is 10.1. The van der Waals surface area contributed by atoms with Gasteiger partial charge in [0.1, 0.15) is 0 Å². The number of aryl methyl sites for hydroxylation is 1. The highest BCUT2D eigenvalue weighted by Gasteiger charge is 1.98. The Morgan fingerprint density at radius 1 is 1.31 bits per heavy atom. The first-order valence-electron chi connectivity index (χ1n) is 4.66. The van der Waals surface area contributed by atoms with E-state index in [1.54, 1.807) is 0 Å². The van der Waals surface area contributed by atoms with Gasteiger partial charge in [-0.25, -0.2) is 0 Å². The number of hydrogen-bond donors (Lipinski definition) is 2. The summed E-state index contributed by atoms with van der Waals surface area (Å²) in [5, 5.41) is 11.9. The van der Waals surface area contributed by atoms with E-state index < -0.39 is 0 Å². The van der Waals surface area contributed by atoms with Crippen LogP contribution in [0.25, 0.3) is 0 Å². The number of aliphatic hydroxyl groups is 1. The van der Waals surface area contributed by atoms with Crippen molar-refractivity contribution < 1.29 is 5.11 Å². The molecule has 0 aliphatic heterocycles. The monoisotopic (exact) mass is 179 g/mol. The van der Waals surface area contributed by atoms with Crippen molar-refractivity contribution >= 4 is 5.69 Å². The third kappa shape index (κ3) is 2.74. The Hall–Kier alpha value is -1.02. The Morgan fingerprint density at radius 3 is 2.77 bits per heavy atom. The molecule has 0 saturated carbocycles. The summed E-state index contributed by atoms with van der Waals surface area (Å²) in [5.74, 6) is 0. The fraction of sp³-hybridized carbons (Fsp3) is 0.455. The maximum absolute atomic E-state index is 8.63. The van der Waals surface area contributed by atoms with Gasteiger partial charge < -0.3 is 10.4 Å². The van der Waals surface area contributed by atoms with E-state index in [2.05, 4.69) is 31.3 Å². The Bertz CT molecular complexity index is 271. The Labute approximate surface area is 79.6 Å². The smallest absolute Gasteiger partial charge is 0.0447 e. The normalized spacial score (nSPS) is 10.1. The van der Waals surface area contributed by atoms with Gasteiger partial charge in [0.2, 0.25) is 0 Å². The van der Waals surface area contributed by atoms with Gasteiger partial charge in [-0.2, -0.15) is 0 Å². The molecule has 0 unspecified atom stereocenters. The van der Waals surface area contributed by atoms with Gasteiger partial charge in [-0.05, 0) is 37.5 Å². The summed E-state index contributed by atoms with van der Waals surface area (Å²) in [6.07, 6.45) is 0.799. The average Bonchev–Trinajstić information content (AvgIpc) is 2.13. The van der Waals surface area contributed by atoms with Gasteiger partial charge in [0.15, 0.2) is 0 Å². The van der Waals surface area contributed by atoms with Crippen LogP contribution in [-0.4, -0.2) is 18.3 Å². The van der Waals surface area contributed by atoms with E-state index in [9.17, 15) is 0 Å². The molecule has 1 aromatic rings. The lowest BCUT2D eigenvalue weighted by Crippen LogP contribution is -2.05. The van der Waals surface area contributed by atoms with Crippen molar-refractivity contribution in [3.8, 4) is 0 Å². The molecule has 72 valence electrons. The summed E-state index contributed by atoms with van der Waals surface area (Å²) in [5.41, 5.74) is 3.77. The minimum atomic E-state index is 0.248. The lowest BCUT2D eigenvalue weighted by Gasteiger charge is -2.10. The van der Waals surface area contributed by atoms with Crippen LogP contribution in [0.2, 0.25) is 0 Å². The maximum Gasteiger partial charge on any atom is 0.0447 e. The van der Waals surface area contributed by atoms with Gasteiger partial charge >= 0.3 is 0 Å². The maximum atomic E-state index is 8.63. The standard InChI is InChI=1S/C11H17NO/c1-9-5-3-6-11(10(9)2)12-7-4-8-13/h3,5-6,12-13H,4,7-8H2,1-2H3. The number of aliphatic hydroxyl groups excluding tert-OH is 1. The zero-order valence-corrected chi connectivity index (χ0v) is 8.30. The van der Waals surface area contributed by atoms with E-state index in [-0.39, 0.29) is 6.61 Å². The largest absolute Gasteiger partial charge is 0.396 e. The molecule has 0 aliphatic rings. The van der Waals surface area contributed by atoms with Crippen molar-refractivity contribution in [1.29, 1.82) is 0 Å². The third-order valence-electron chi connectivity index (χ3n) is 2.25.